The summed E-state index contributed by atoms with van der Waals surface area (Å²) in [5.74, 6) is -0.149. The molecule has 1 fully saturated rings. The number of hydrogen-bond acceptors (Lipinski definition) is 6. The molecule has 0 aliphatic carbocycles. The monoisotopic (exact) mass is 333 g/mol. The van der Waals surface area contributed by atoms with Crippen LogP contribution >= 0.6 is 0 Å². The van der Waals surface area contributed by atoms with Crippen LogP contribution in [0.3, 0.4) is 0 Å². The molecule has 1 rings (SSSR count). The van der Waals surface area contributed by atoms with Crippen LogP contribution in [-0.2, 0) is 9.53 Å². The van der Waals surface area contributed by atoms with Gasteiger partial charge in [0.25, 0.3) is 0 Å². The van der Waals surface area contributed by atoms with Crippen molar-refractivity contribution in [1.29, 1.82) is 0 Å². The number of carbonyl (C=O) groups excluding carboxylic acids is 1. The average molecular weight is 333 g/mol. The van der Waals surface area contributed by atoms with Crippen LogP contribution in [-0.4, -0.2) is 63.6 Å². The lowest BCUT2D eigenvalue weighted by Crippen LogP contribution is -2.59. The van der Waals surface area contributed by atoms with E-state index in [1.54, 1.807) is 0 Å². The van der Waals surface area contributed by atoms with Crippen molar-refractivity contribution in [3.05, 3.63) is 0 Å². The van der Waals surface area contributed by atoms with Gasteiger partial charge in [-0.3, -0.25) is 4.79 Å². The Bertz CT molecular complexity index is 341. The van der Waals surface area contributed by atoms with Gasteiger partial charge in [0, 0.05) is 13.0 Å². The molecule has 1 aliphatic heterocycles. The number of amides is 1. The summed E-state index contributed by atoms with van der Waals surface area (Å²) >= 11 is 0. The van der Waals surface area contributed by atoms with Crippen molar-refractivity contribution in [2.75, 3.05) is 6.54 Å². The summed E-state index contributed by atoms with van der Waals surface area (Å²) in [5, 5.41) is 40.7. The van der Waals surface area contributed by atoms with Gasteiger partial charge in [0.1, 0.15) is 24.4 Å². The number of unbranched alkanes of at least 4 members (excludes halogenated alkanes) is 6. The van der Waals surface area contributed by atoms with E-state index in [0.717, 1.165) is 19.3 Å². The van der Waals surface area contributed by atoms with Crippen molar-refractivity contribution in [3.63, 3.8) is 0 Å². The van der Waals surface area contributed by atoms with Gasteiger partial charge in [-0.25, -0.2) is 0 Å². The zero-order valence-electron chi connectivity index (χ0n) is 13.9. The molecule has 5 atom stereocenters. The van der Waals surface area contributed by atoms with E-state index >= 15 is 0 Å². The molecular weight excluding hydrogens is 302 g/mol. The third kappa shape index (κ3) is 7.14. The van der Waals surface area contributed by atoms with Crippen molar-refractivity contribution >= 4 is 5.91 Å². The van der Waals surface area contributed by atoms with Crippen LogP contribution in [0.1, 0.15) is 58.3 Å². The molecule has 0 aromatic rings. The smallest absolute Gasteiger partial charge is 0.220 e. The molecule has 136 valence electrons. The maximum absolute atomic E-state index is 11.7. The number of hydrogen-bond donors (Lipinski definition) is 5. The summed E-state index contributed by atoms with van der Waals surface area (Å²) in [6.45, 7) is 2.16. The van der Waals surface area contributed by atoms with Gasteiger partial charge in [0.05, 0.1) is 0 Å². The second kappa shape index (κ2) is 10.9. The molecule has 0 saturated carbocycles. The molecule has 7 nitrogen and oxygen atoms in total. The summed E-state index contributed by atoms with van der Waals surface area (Å²) in [7, 11) is 0. The van der Waals surface area contributed by atoms with Crippen molar-refractivity contribution in [2.24, 2.45) is 0 Å². The fraction of sp³-hybridized carbons (Fsp3) is 0.938. The van der Waals surface area contributed by atoms with E-state index in [1.807, 2.05) is 0 Å². The van der Waals surface area contributed by atoms with Crippen LogP contribution in [0.5, 0.6) is 0 Å². The molecule has 1 heterocycles. The van der Waals surface area contributed by atoms with E-state index in [2.05, 4.69) is 12.2 Å². The first-order valence-electron chi connectivity index (χ1n) is 8.61. The molecule has 1 amide bonds. The number of aliphatic hydroxyl groups excluding tert-OH is 4. The van der Waals surface area contributed by atoms with E-state index in [9.17, 15) is 25.2 Å². The number of nitrogens with one attached hydrogen (secondary N) is 1. The Balaban J connectivity index is 2.13. The average Bonchev–Trinajstić information content (AvgIpc) is 2.54. The second-order valence-electron chi connectivity index (χ2n) is 6.21. The lowest BCUT2D eigenvalue weighted by atomic mass is 9.99. The summed E-state index contributed by atoms with van der Waals surface area (Å²) in [5.41, 5.74) is 0. The molecule has 0 aromatic heterocycles. The Labute approximate surface area is 137 Å². The maximum atomic E-state index is 11.7. The Morgan fingerprint density at radius 1 is 0.913 bits per heavy atom. The molecule has 1 saturated heterocycles. The maximum Gasteiger partial charge on any atom is 0.220 e. The Hall–Kier alpha value is -0.730. The minimum absolute atomic E-state index is 0.0165. The van der Waals surface area contributed by atoms with Gasteiger partial charge in [-0.2, -0.15) is 0 Å². The Morgan fingerprint density at radius 2 is 1.52 bits per heavy atom. The van der Waals surface area contributed by atoms with Gasteiger partial charge in [0.15, 0.2) is 6.29 Å². The molecule has 1 aliphatic rings. The van der Waals surface area contributed by atoms with Crippen molar-refractivity contribution in [3.8, 4) is 0 Å². The normalized spacial score (nSPS) is 31.1. The SMILES string of the molecule is CCCCCCCCCC(=O)NC[C@H]1OC(O)[C@H](O)[C@H](O)[C@@H]1O. The highest BCUT2D eigenvalue weighted by Crippen LogP contribution is 2.19. The molecule has 0 bridgehead atoms. The molecule has 0 radical (unpaired) electrons. The summed E-state index contributed by atoms with van der Waals surface area (Å²) in [6.07, 6.45) is 1.39. The largest absolute Gasteiger partial charge is 0.388 e. The second-order valence-corrected chi connectivity index (χ2v) is 6.21. The van der Waals surface area contributed by atoms with Crippen LogP contribution in [0, 0.1) is 0 Å². The summed E-state index contributed by atoms with van der Waals surface area (Å²) in [6, 6.07) is 0. The van der Waals surface area contributed by atoms with Crippen LogP contribution in [0.25, 0.3) is 0 Å². The third-order valence-corrected chi connectivity index (χ3v) is 4.19. The third-order valence-electron chi connectivity index (χ3n) is 4.19. The number of rotatable bonds is 10. The van der Waals surface area contributed by atoms with Crippen LogP contribution in [0.4, 0.5) is 0 Å². The standard InChI is InChI=1S/C16H31NO6/c1-2-3-4-5-6-7-8-9-12(18)17-10-11-13(19)14(20)15(21)16(22)23-11/h11,13-16,19-22H,2-10H2,1H3,(H,17,18)/t11-,13-,14-,15-,16?/m1/s1. The highest BCUT2D eigenvalue weighted by atomic mass is 16.6. The van der Waals surface area contributed by atoms with E-state index in [4.69, 9.17) is 4.74 Å². The van der Waals surface area contributed by atoms with Gasteiger partial charge in [-0.15, -0.1) is 0 Å². The van der Waals surface area contributed by atoms with Crippen molar-refractivity contribution < 1.29 is 30.0 Å². The fourth-order valence-corrected chi connectivity index (χ4v) is 2.65. The van der Waals surface area contributed by atoms with Gasteiger partial charge in [0.2, 0.25) is 5.91 Å². The number of aliphatic hydroxyl groups is 4. The lowest BCUT2D eigenvalue weighted by Gasteiger charge is -2.38. The highest BCUT2D eigenvalue weighted by Gasteiger charge is 2.42. The van der Waals surface area contributed by atoms with Gasteiger partial charge in [-0.05, 0) is 6.42 Å². The zero-order chi connectivity index (χ0) is 17.2. The van der Waals surface area contributed by atoms with E-state index in [-0.39, 0.29) is 12.5 Å². The first-order valence-corrected chi connectivity index (χ1v) is 8.61. The van der Waals surface area contributed by atoms with Crippen molar-refractivity contribution in [1.82, 2.24) is 5.32 Å². The lowest BCUT2D eigenvalue weighted by molar-refractivity contribution is -0.280. The number of ether oxygens (including phenoxy) is 1. The van der Waals surface area contributed by atoms with E-state index in [1.165, 1.54) is 25.7 Å². The summed E-state index contributed by atoms with van der Waals surface area (Å²) in [4.78, 5) is 11.7. The molecule has 0 spiro atoms. The first-order chi connectivity index (χ1) is 11.0. The van der Waals surface area contributed by atoms with Crippen LogP contribution in [0.2, 0.25) is 0 Å². The zero-order valence-corrected chi connectivity index (χ0v) is 13.9. The Morgan fingerprint density at radius 3 is 2.17 bits per heavy atom. The Kier molecular flexibility index (Phi) is 9.66. The minimum Gasteiger partial charge on any atom is -0.388 e. The molecule has 0 aromatic carbocycles. The van der Waals surface area contributed by atoms with Gasteiger partial charge < -0.3 is 30.5 Å². The molecule has 7 heteroatoms. The molecule has 1 unspecified atom stereocenters. The minimum atomic E-state index is -1.57. The highest BCUT2D eigenvalue weighted by molar-refractivity contribution is 5.75. The predicted octanol–water partition coefficient (Wildman–Crippen LogP) is 0.0432. The van der Waals surface area contributed by atoms with Crippen LogP contribution in [0.15, 0.2) is 0 Å². The number of carbonyl (C=O) groups is 1. The van der Waals surface area contributed by atoms with Crippen LogP contribution < -0.4 is 5.32 Å². The quantitative estimate of drug-likeness (QED) is 0.360. The molecule has 23 heavy (non-hydrogen) atoms. The molecular formula is C16H31NO6. The molecule has 5 N–H and O–H groups in total. The summed E-state index contributed by atoms with van der Waals surface area (Å²) < 4.78 is 4.99. The van der Waals surface area contributed by atoms with E-state index < -0.39 is 30.7 Å². The van der Waals surface area contributed by atoms with Crippen molar-refractivity contribution in [2.45, 2.75) is 89.0 Å². The predicted molar refractivity (Wildman–Crippen MR) is 84.5 cm³/mol. The van der Waals surface area contributed by atoms with Gasteiger partial charge >= 0.3 is 0 Å². The van der Waals surface area contributed by atoms with Gasteiger partial charge in [-0.1, -0.05) is 45.4 Å². The first kappa shape index (κ1) is 20.3. The van der Waals surface area contributed by atoms with E-state index in [0.29, 0.717) is 6.42 Å². The topological polar surface area (TPSA) is 119 Å². The fourth-order valence-electron chi connectivity index (χ4n) is 2.65.